The topological polar surface area (TPSA) is 90.9 Å². The van der Waals surface area contributed by atoms with Crippen LogP contribution in [0.3, 0.4) is 0 Å². The number of carbonyl (C=O) groups excluding carboxylic acids is 1. The summed E-state index contributed by atoms with van der Waals surface area (Å²) in [5.41, 5.74) is 1.50. The van der Waals surface area contributed by atoms with Crippen LogP contribution < -0.4 is 4.90 Å². The molecule has 0 spiro atoms. The lowest BCUT2D eigenvalue weighted by atomic mass is 9.85. The lowest BCUT2D eigenvalue weighted by Gasteiger charge is -2.40. The third kappa shape index (κ3) is 4.05. The van der Waals surface area contributed by atoms with Gasteiger partial charge in [0.25, 0.3) is 0 Å². The van der Waals surface area contributed by atoms with Gasteiger partial charge in [0.05, 0.1) is 23.3 Å². The number of anilines is 1. The molecular formula is C23H21F4N7O. The molecule has 5 rings (SSSR count). The Morgan fingerprint density at radius 3 is 2.71 bits per heavy atom. The van der Waals surface area contributed by atoms with E-state index in [2.05, 4.69) is 21.3 Å². The number of benzene rings is 1. The molecule has 1 saturated heterocycles. The molecule has 12 heteroatoms. The zero-order chi connectivity index (χ0) is 24.9. The first-order valence-electron chi connectivity index (χ1n) is 11.2. The average molecular weight is 487 g/mol. The van der Waals surface area contributed by atoms with Gasteiger partial charge in [-0.15, -0.1) is 10.2 Å². The Labute approximate surface area is 197 Å². The molecule has 0 N–H and O–H groups in total. The van der Waals surface area contributed by atoms with Crippen LogP contribution >= 0.6 is 0 Å². The van der Waals surface area contributed by atoms with Crippen molar-refractivity contribution >= 4 is 22.5 Å². The summed E-state index contributed by atoms with van der Waals surface area (Å²) in [6, 6.07) is 6.37. The first-order valence-corrected chi connectivity index (χ1v) is 11.2. The number of hydrogen-bond donors (Lipinski definition) is 0. The van der Waals surface area contributed by atoms with Crippen LogP contribution in [0, 0.1) is 29.0 Å². The molecule has 8 nitrogen and oxygen atoms in total. The molecule has 3 aromatic rings. The van der Waals surface area contributed by atoms with Crippen molar-refractivity contribution in [2.45, 2.75) is 32.6 Å². The van der Waals surface area contributed by atoms with Crippen LogP contribution in [0.4, 0.5) is 23.2 Å². The van der Waals surface area contributed by atoms with E-state index in [1.807, 2.05) is 11.8 Å². The Balaban J connectivity index is 1.34. The summed E-state index contributed by atoms with van der Waals surface area (Å²) >= 11 is 0. The molecule has 4 heterocycles. The van der Waals surface area contributed by atoms with E-state index >= 15 is 0 Å². The molecule has 0 aliphatic carbocycles. The highest BCUT2D eigenvalue weighted by molar-refractivity contribution is 5.94. The van der Waals surface area contributed by atoms with Gasteiger partial charge in [0.15, 0.2) is 5.82 Å². The summed E-state index contributed by atoms with van der Waals surface area (Å²) in [6.45, 7) is 2.96. The number of halogens is 4. The summed E-state index contributed by atoms with van der Waals surface area (Å²) in [5, 5.41) is 17.1. The highest BCUT2D eigenvalue weighted by Gasteiger charge is 2.41. The normalized spacial score (nSPS) is 20.6. The second kappa shape index (κ2) is 8.48. The van der Waals surface area contributed by atoms with Crippen LogP contribution in [0.25, 0.3) is 10.9 Å². The third-order valence-electron chi connectivity index (χ3n) is 6.78. The fourth-order valence-corrected chi connectivity index (χ4v) is 5.08. The predicted octanol–water partition coefficient (Wildman–Crippen LogP) is 3.36. The molecule has 0 saturated carbocycles. The Kier molecular flexibility index (Phi) is 5.57. The summed E-state index contributed by atoms with van der Waals surface area (Å²) in [7, 11) is 0. The molecule has 2 aliphatic heterocycles. The van der Waals surface area contributed by atoms with E-state index in [1.54, 1.807) is 11.0 Å². The van der Waals surface area contributed by atoms with Gasteiger partial charge >= 0.3 is 6.18 Å². The minimum Gasteiger partial charge on any atom is -0.370 e. The van der Waals surface area contributed by atoms with E-state index < -0.39 is 17.8 Å². The van der Waals surface area contributed by atoms with E-state index in [0.29, 0.717) is 41.7 Å². The van der Waals surface area contributed by atoms with E-state index in [4.69, 9.17) is 0 Å². The minimum atomic E-state index is -4.60. The molecule has 1 fully saturated rings. The zero-order valence-corrected chi connectivity index (χ0v) is 18.8. The van der Waals surface area contributed by atoms with Crippen molar-refractivity contribution < 1.29 is 22.4 Å². The van der Waals surface area contributed by atoms with Gasteiger partial charge < -0.3 is 14.4 Å². The average Bonchev–Trinajstić information content (AvgIpc) is 3.26. The number of amides is 1. The van der Waals surface area contributed by atoms with Crippen molar-refractivity contribution in [3.8, 4) is 6.07 Å². The number of alkyl halides is 3. The number of nitriles is 1. The summed E-state index contributed by atoms with van der Waals surface area (Å²) in [4.78, 5) is 21.1. The summed E-state index contributed by atoms with van der Waals surface area (Å²) in [6.07, 6.45) is -2.64. The number of carbonyl (C=O) groups is 1. The molecule has 2 atom stereocenters. The van der Waals surface area contributed by atoms with Crippen LogP contribution in [-0.4, -0.2) is 50.2 Å². The van der Waals surface area contributed by atoms with Gasteiger partial charge in [-0.2, -0.15) is 18.4 Å². The first-order chi connectivity index (χ1) is 16.7. The molecule has 182 valence electrons. The van der Waals surface area contributed by atoms with Gasteiger partial charge in [0.2, 0.25) is 11.7 Å². The van der Waals surface area contributed by atoms with E-state index in [1.165, 1.54) is 18.3 Å². The lowest BCUT2D eigenvalue weighted by Crippen LogP contribution is -2.49. The molecule has 2 aliphatic rings. The van der Waals surface area contributed by atoms with Crippen molar-refractivity contribution in [3.05, 3.63) is 47.4 Å². The smallest absolute Gasteiger partial charge is 0.370 e. The van der Waals surface area contributed by atoms with Crippen molar-refractivity contribution in [1.82, 2.24) is 24.6 Å². The minimum absolute atomic E-state index is 0.0176. The van der Waals surface area contributed by atoms with Crippen LogP contribution in [0.5, 0.6) is 0 Å². The number of nitrogens with zero attached hydrogens (tertiary/aromatic N) is 7. The quantitative estimate of drug-likeness (QED) is 0.515. The van der Waals surface area contributed by atoms with Crippen LogP contribution in [-0.2, 0) is 24.1 Å². The molecular weight excluding hydrogens is 466 g/mol. The molecule has 35 heavy (non-hydrogen) atoms. The molecule has 2 aromatic heterocycles. The maximum atomic E-state index is 14.0. The number of rotatable bonds is 2. The number of hydrogen-bond acceptors (Lipinski definition) is 6. The third-order valence-corrected chi connectivity index (χ3v) is 6.78. The van der Waals surface area contributed by atoms with Gasteiger partial charge in [-0.1, -0.05) is 6.92 Å². The standard InChI is InChI=1S/C23H21F4N7O/c1-13-11-32(20-14(9-28)10-29-18-3-2-15(24)8-17(18)20)5-4-16(13)21(35)33-6-7-34-19(12-33)30-31-22(34)23(25,26)27/h2-3,8,10,13,16H,4-7,11-12H2,1H3. The Morgan fingerprint density at radius 2 is 2.00 bits per heavy atom. The SMILES string of the molecule is CC1CN(c2c(C#N)cnc3ccc(F)cc23)CCC1C(=O)N1CCn2c(nnc2C(F)(F)F)C1. The zero-order valence-electron chi connectivity index (χ0n) is 18.8. The Hall–Kier alpha value is -3.75. The highest BCUT2D eigenvalue weighted by atomic mass is 19.4. The fourth-order valence-electron chi connectivity index (χ4n) is 5.08. The van der Waals surface area contributed by atoms with E-state index in [0.717, 1.165) is 4.57 Å². The van der Waals surface area contributed by atoms with Gasteiger partial charge in [-0.25, -0.2) is 4.39 Å². The Bertz CT molecular complexity index is 1350. The monoisotopic (exact) mass is 487 g/mol. The number of fused-ring (bicyclic) bond motifs is 2. The summed E-state index contributed by atoms with van der Waals surface area (Å²) in [5.74, 6) is -1.93. The second-order valence-electron chi connectivity index (χ2n) is 8.96. The van der Waals surface area contributed by atoms with E-state index in [9.17, 15) is 27.6 Å². The largest absolute Gasteiger partial charge is 0.451 e. The van der Waals surface area contributed by atoms with Crippen molar-refractivity contribution in [2.75, 3.05) is 24.5 Å². The maximum Gasteiger partial charge on any atom is 0.451 e. The van der Waals surface area contributed by atoms with Crippen molar-refractivity contribution in [3.63, 3.8) is 0 Å². The van der Waals surface area contributed by atoms with E-state index in [-0.39, 0.29) is 43.2 Å². The Morgan fingerprint density at radius 1 is 1.20 bits per heavy atom. The van der Waals surface area contributed by atoms with Gasteiger partial charge in [0.1, 0.15) is 11.9 Å². The number of aromatic nitrogens is 4. The molecule has 1 aromatic carbocycles. The fraction of sp³-hybridized carbons (Fsp3) is 0.435. The summed E-state index contributed by atoms with van der Waals surface area (Å²) < 4.78 is 54.3. The lowest BCUT2D eigenvalue weighted by molar-refractivity contribution is -0.148. The van der Waals surface area contributed by atoms with Crippen molar-refractivity contribution in [2.24, 2.45) is 11.8 Å². The van der Waals surface area contributed by atoms with Crippen LogP contribution in [0.1, 0.15) is 30.6 Å². The van der Waals surface area contributed by atoms with Crippen LogP contribution in [0.15, 0.2) is 24.4 Å². The van der Waals surface area contributed by atoms with Crippen molar-refractivity contribution in [1.29, 1.82) is 5.26 Å². The highest BCUT2D eigenvalue weighted by Crippen LogP contribution is 2.36. The maximum absolute atomic E-state index is 14.0. The first kappa shape index (κ1) is 23.0. The second-order valence-corrected chi connectivity index (χ2v) is 8.96. The number of pyridine rings is 1. The number of piperidine rings is 1. The molecule has 1 amide bonds. The van der Waals surface area contributed by atoms with Gasteiger partial charge in [0, 0.05) is 43.7 Å². The molecule has 0 bridgehead atoms. The molecule has 0 radical (unpaired) electrons. The van der Waals surface area contributed by atoms with Gasteiger partial charge in [-0.3, -0.25) is 9.78 Å². The predicted molar refractivity (Wildman–Crippen MR) is 116 cm³/mol. The van der Waals surface area contributed by atoms with Gasteiger partial charge in [-0.05, 0) is 30.5 Å². The van der Waals surface area contributed by atoms with Crippen LogP contribution in [0.2, 0.25) is 0 Å². The molecule has 2 unspecified atom stereocenters.